The minimum Gasteiger partial charge on any atom is -0.481 e. The Labute approximate surface area is 145 Å². The van der Waals surface area contributed by atoms with E-state index in [1.165, 1.54) is 0 Å². The third kappa shape index (κ3) is 8.68. The van der Waals surface area contributed by atoms with E-state index in [1.54, 1.807) is 13.8 Å². The van der Waals surface area contributed by atoms with Crippen LogP contribution in [0.2, 0.25) is 0 Å². The first-order valence-corrected chi connectivity index (χ1v) is 7.95. The molecule has 0 rings (SSSR count). The predicted molar refractivity (Wildman–Crippen MR) is 86.3 cm³/mol. The highest BCUT2D eigenvalue weighted by molar-refractivity contribution is 5.92. The molecule has 0 aliphatic carbocycles. The van der Waals surface area contributed by atoms with Crippen LogP contribution < -0.4 is 16.4 Å². The number of carboxylic acids is 2. The number of carboxylic acid groups (broad SMARTS) is 2. The Kier molecular flexibility index (Phi) is 9.83. The molecule has 0 saturated heterocycles. The molecule has 0 aromatic rings. The fourth-order valence-electron chi connectivity index (χ4n) is 2.11. The van der Waals surface area contributed by atoms with Crippen LogP contribution >= 0.6 is 0 Å². The van der Waals surface area contributed by atoms with Gasteiger partial charge in [0.05, 0.1) is 6.42 Å². The smallest absolute Gasteiger partial charge is 0.304 e. The molecule has 10 heteroatoms. The van der Waals surface area contributed by atoms with Gasteiger partial charge in [0.1, 0.15) is 12.1 Å². The van der Waals surface area contributed by atoms with Crippen molar-refractivity contribution in [3.8, 4) is 0 Å². The molecule has 25 heavy (non-hydrogen) atoms. The number of nitrogens with one attached hydrogen (secondary N) is 2. The number of nitrogens with two attached hydrogens (primary N) is 1. The molecule has 0 aromatic carbocycles. The maximum absolute atomic E-state index is 12.3. The van der Waals surface area contributed by atoms with E-state index in [0.717, 1.165) is 0 Å². The van der Waals surface area contributed by atoms with Crippen molar-refractivity contribution in [1.82, 2.24) is 10.6 Å². The predicted octanol–water partition coefficient (Wildman–Crippen LogP) is -0.783. The van der Waals surface area contributed by atoms with E-state index in [1.807, 2.05) is 0 Å². The lowest BCUT2D eigenvalue weighted by atomic mass is 10.00. The summed E-state index contributed by atoms with van der Waals surface area (Å²) in [5, 5.41) is 22.3. The zero-order chi connectivity index (χ0) is 19.6. The number of primary amides is 1. The summed E-state index contributed by atoms with van der Waals surface area (Å²) in [5.74, 6) is -5.33. The van der Waals surface area contributed by atoms with Crippen LogP contribution in [0, 0.1) is 5.92 Å². The lowest BCUT2D eigenvalue weighted by Gasteiger charge is -2.22. The van der Waals surface area contributed by atoms with Crippen molar-refractivity contribution < 1.29 is 34.2 Å². The first kappa shape index (κ1) is 22.4. The second-order valence-electron chi connectivity index (χ2n) is 5.57. The van der Waals surface area contributed by atoms with E-state index in [9.17, 15) is 24.0 Å². The Morgan fingerprint density at radius 2 is 1.44 bits per heavy atom. The second-order valence-corrected chi connectivity index (χ2v) is 5.57. The standard InChI is InChI=1S/C15H25N3O7/c1-3-8(7-12(21)22)14(24)18-10(5-6-11(19)20)15(25)17-9(4-2)13(16)23/h8-10H,3-7H2,1-2H3,(H2,16,23)(H,17,25)(H,18,24)(H,19,20)(H,21,22)/t8-,9+,10?/m1/s1. The maximum atomic E-state index is 12.3. The minimum absolute atomic E-state index is 0.203. The van der Waals surface area contributed by atoms with Crippen LogP contribution in [0.1, 0.15) is 46.0 Å². The van der Waals surface area contributed by atoms with Crippen molar-refractivity contribution in [3.63, 3.8) is 0 Å². The number of rotatable bonds is 12. The van der Waals surface area contributed by atoms with E-state index >= 15 is 0 Å². The number of hydrogen-bond acceptors (Lipinski definition) is 5. The van der Waals surface area contributed by atoms with Gasteiger partial charge in [-0.3, -0.25) is 24.0 Å². The van der Waals surface area contributed by atoms with Crippen molar-refractivity contribution in [3.05, 3.63) is 0 Å². The summed E-state index contributed by atoms with van der Waals surface area (Å²) in [4.78, 5) is 57.2. The van der Waals surface area contributed by atoms with Gasteiger partial charge in [-0.2, -0.15) is 0 Å². The molecule has 0 saturated carbocycles. The number of amides is 3. The Morgan fingerprint density at radius 3 is 1.84 bits per heavy atom. The Morgan fingerprint density at radius 1 is 0.880 bits per heavy atom. The third-order valence-corrected chi connectivity index (χ3v) is 3.63. The normalized spacial score (nSPS) is 14.0. The Hall–Kier alpha value is -2.65. The summed E-state index contributed by atoms with van der Waals surface area (Å²) >= 11 is 0. The van der Waals surface area contributed by atoms with Gasteiger partial charge in [-0.25, -0.2) is 0 Å². The highest BCUT2D eigenvalue weighted by atomic mass is 16.4. The van der Waals surface area contributed by atoms with Crippen LogP contribution in [0.3, 0.4) is 0 Å². The van der Waals surface area contributed by atoms with E-state index < -0.39 is 54.1 Å². The SMILES string of the molecule is CC[C@H](CC(=O)O)C(=O)NC(CCC(=O)O)C(=O)N[C@@H](CC)C(N)=O. The van der Waals surface area contributed by atoms with Crippen LogP contribution in [0.5, 0.6) is 0 Å². The van der Waals surface area contributed by atoms with Crippen LogP contribution in [0.25, 0.3) is 0 Å². The van der Waals surface area contributed by atoms with Gasteiger partial charge in [-0.05, 0) is 19.3 Å². The summed E-state index contributed by atoms with van der Waals surface area (Å²) < 4.78 is 0. The van der Waals surface area contributed by atoms with Gasteiger partial charge >= 0.3 is 11.9 Å². The zero-order valence-electron chi connectivity index (χ0n) is 14.3. The Bertz CT molecular complexity index is 521. The number of carbonyl (C=O) groups excluding carboxylic acids is 3. The summed E-state index contributed by atoms with van der Waals surface area (Å²) in [6, 6.07) is -2.16. The van der Waals surface area contributed by atoms with E-state index in [2.05, 4.69) is 10.6 Å². The monoisotopic (exact) mass is 359 g/mol. The van der Waals surface area contributed by atoms with Crippen LogP contribution in [-0.4, -0.2) is 52.0 Å². The number of carbonyl (C=O) groups is 5. The van der Waals surface area contributed by atoms with Crippen molar-refractivity contribution in [2.45, 2.75) is 58.0 Å². The Balaban J connectivity index is 5.10. The largest absolute Gasteiger partial charge is 0.481 e. The highest BCUT2D eigenvalue weighted by Gasteiger charge is 2.28. The van der Waals surface area contributed by atoms with Crippen molar-refractivity contribution in [2.75, 3.05) is 0 Å². The summed E-state index contributed by atoms with van der Waals surface area (Å²) in [6.07, 6.45) is -0.525. The first-order chi connectivity index (χ1) is 11.6. The molecule has 0 bridgehead atoms. The minimum atomic E-state index is -1.21. The fourth-order valence-corrected chi connectivity index (χ4v) is 2.11. The molecule has 6 N–H and O–H groups in total. The van der Waals surface area contributed by atoms with Crippen LogP contribution in [0.4, 0.5) is 0 Å². The van der Waals surface area contributed by atoms with E-state index in [0.29, 0.717) is 0 Å². The van der Waals surface area contributed by atoms with Gasteiger partial charge in [0.15, 0.2) is 0 Å². The summed E-state index contributed by atoms with van der Waals surface area (Å²) in [7, 11) is 0. The molecule has 0 aliphatic rings. The molecular formula is C15H25N3O7. The third-order valence-electron chi connectivity index (χ3n) is 3.63. The molecule has 3 amide bonds. The van der Waals surface area contributed by atoms with Crippen molar-refractivity contribution in [2.24, 2.45) is 11.7 Å². The molecule has 0 heterocycles. The average molecular weight is 359 g/mol. The maximum Gasteiger partial charge on any atom is 0.304 e. The average Bonchev–Trinajstić information content (AvgIpc) is 2.52. The molecule has 0 aliphatic heterocycles. The molecule has 1 unspecified atom stereocenters. The summed E-state index contributed by atoms with van der Waals surface area (Å²) in [5.41, 5.74) is 5.14. The molecule has 0 fully saturated rings. The topological polar surface area (TPSA) is 176 Å². The highest BCUT2D eigenvalue weighted by Crippen LogP contribution is 2.10. The molecule has 10 nitrogen and oxygen atoms in total. The van der Waals surface area contributed by atoms with Crippen LogP contribution in [-0.2, 0) is 24.0 Å². The molecule has 0 spiro atoms. The van der Waals surface area contributed by atoms with Gasteiger partial charge in [-0.1, -0.05) is 13.8 Å². The zero-order valence-corrected chi connectivity index (χ0v) is 14.3. The van der Waals surface area contributed by atoms with E-state index in [-0.39, 0.29) is 25.7 Å². The lowest BCUT2D eigenvalue weighted by Crippen LogP contribution is -2.53. The summed E-state index contributed by atoms with van der Waals surface area (Å²) in [6.45, 7) is 3.25. The fraction of sp³-hybridized carbons (Fsp3) is 0.667. The van der Waals surface area contributed by atoms with Crippen molar-refractivity contribution in [1.29, 1.82) is 0 Å². The molecular weight excluding hydrogens is 334 g/mol. The lowest BCUT2D eigenvalue weighted by molar-refractivity contribution is -0.141. The molecule has 3 atom stereocenters. The first-order valence-electron chi connectivity index (χ1n) is 7.95. The van der Waals surface area contributed by atoms with Crippen molar-refractivity contribution >= 4 is 29.7 Å². The van der Waals surface area contributed by atoms with Gasteiger partial charge in [0.25, 0.3) is 0 Å². The van der Waals surface area contributed by atoms with Gasteiger partial charge in [0.2, 0.25) is 17.7 Å². The quantitative estimate of drug-likeness (QED) is 0.303. The van der Waals surface area contributed by atoms with Gasteiger partial charge in [-0.15, -0.1) is 0 Å². The molecule has 0 aromatic heterocycles. The number of aliphatic carboxylic acids is 2. The van der Waals surface area contributed by atoms with Gasteiger partial charge < -0.3 is 26.6 Å². The van der Waals surface area contributed by atoms with E-state index in [4.69, 9.17) is 15.9 Å². The molecule has 0 radical (unpaired) electrons. The second kappa shape index (κ2) is 11.0. The van der Waals surface area contributed by atoms with Crippen LogP contribution in [0.15, 0.2) is 0 Å². The number of hydrogen-bond donors (Lipinski definition) is 5. The van der Waals surface area contributed by atoms with Gasteiger partial charge in [0, 0.05) is 12.3 Å². The molecule has 142 valence electrons.